The average Bonchev–Trinajstić information content (AvgIpc) is 2.79. The predicted octanol–water partition coefficient (Wildman–Crippen LogP) is 7.56. The lowest BCUT2D eigenvalue weighted by Gasteiger charge is -2.12. The van der Waals surface area contributed by atoms with Gasteiger partial charge in [0.1, 0.15) is 0 Å². The summed E-state index contributed by atoms with van der Waals surface area (Å²) in [6, 6.07) is 16.1. The summed E-state index contributed by atoms with van der Waals surface area (Å²) in [5.41, 5.74) is 4.04. The van der Waals surface area contributed by atoms with E-state index in [0.717, 1.165) is 36.8 Å². The number of unbranched alkanes of at least 4 members (excludes halogenated alkanes) is 6. The highest BCUT2D eigenvalue weighted by Crippen LogP contribution is 2.22. The van der Waals surface area contributed by atoms with E-state index < -0.39 is 12.1 Å². The molecule has 0 N–H and O–H groups in total. The molecule has 0 spiro atoms. The molecule has 0 amide bonds. The molecule has 0 fully saturated rings. The van der Waals surface area contributed by atoms with Crippen molar-refractivity contribution in [3.8, 4) is 11.1 Å². The van der Waals surface area contributed by atoms with Crippen LogP contribution >= 0.6 is 0 Å². The highest BCUT2D eigenvalue weighted by molar-refractivity contribution is 5.93. The van der Waals surface area contributed by atoms with Gasteiger partial charge in [-0.3, -0.25) is 4.79 Å². The van der Waals surface area contributed by atoms with Gasteiger partial charge in [0.2, 0.25) is 0 Å². The molecule has 1 atom stereocenters. The lowest BCUT2D eigenvalue weighted by molar-refractivity contribution is -0.127. The summed E-state index contributed by atoms with van der Waals surface area (Å²) < 4.78 is 5.36. The summed E-state index contributed by atoms with van der Waals surface area (Å²) in [4.78, 5) is 24.5. The number of carbonyl (C=O) groups is 2. The number of ketones is 1. The van der Waals surface area contributed by atoms with Crippen LogP contribution in [0.25, 0.3) is 11.1 Å². The molecule has 2 rings (SSSR count). The number of ether oxygens (including phenoxy) is 1. The van der Waals surface area contributed by atoms with Crippen LogP contribution < -0.4 is 0 Å². The van der Waals surface area contributed by atoms with Gasteiger partial charge in [-0.1, -0.05) is 88.8 Å². The van der Waals surface area contributed by atoms with E-state index in [2.05, 4.69) is 38.1 Å². The minimum absolute atomic E-state index is 0.0103. The van der Waals surface area contributed by atoms with Crippen molar-refractivity contribution in [1.82, 2.24) is 0 Å². The normalized spacial score (nSPS) is 11.8. The van der Waals surface area contributed by atoms with Crippen LogP contribution in [-0.2, 0) is 16.0 Å². The molecular formula is C28H38O3. The Morgan fingerprint density at radius 2 is 1.29 bits per heavy atom. The maximum absolute atomic E-state index is 12.4. The molecule has 0 saturated heterocycles. The quantitative estimate of drug-likeness (QED) is 0.233. The van der Waals surface area contributed by atoms with E-state index in [1.807, 2.05) is 12.1 Å². The van der Waals surface area contributed by atoms with Gasteiger partial charge >= 0.3 is 5.97 Å². The summed E-state index contributed by atoms with van der Waals surface area (Å²) in [6.07, 6.45) is 10.3. The predicted molar refractivity (Wildman–Crippen MR) is 128 cm³/mol. The molecular weight excluding hydrogens is 384 g/mol. The number of carbonyl (C=O) groups excluding carboxylic acids is 2. The first-order valence-corrected chi connectivity index (χ1v) is 12.0. The second-order valence-electron chi connectivity index (χ2n) is 8.41. The first kappa shape index (κ1) is 24.8. The largest absolute Gasteiger partial charge is 0.451 e. The Hall–Kier alpha value is -2.42. The third kappa shape index (κ3) is 8.69. The molecule has 0 aromatic heterocycles. The summed E-state index contributed by atoms with van der Waals surface area (Å²) in [5, 5.41) is 0. The second-order valence-corrected chi connectivity index (χ2v) is 8.41. The number of hydrogen-bond donors (Lipinski definition) is 0. The van der Waals surface area contributed by atoms with Gasteiger partial charge in [-0.15, -0.1) is 0 Å². The van der Waals surface area contributed by atoms with E-state index in [0.29, 0.717) is 12.0 Å². The molecule has 0 aliphatic heterocycles. The number of aryl methyl sites for hydroxylation is 1. The van der Waals surface area contributed by atoms with Crippen molar-refractivity contribution in [1.29, 1.82) is 0 Å². The maximum atomic E-state index is 12.4. The number of esters is 1. The second kappa shape index (κ2) is 13.8. The van der Waals surface area contributed by atoms with E-state index in [4.69, 9.17) is 4.74 Å². The van der Waals surface area contributed by atoms with Gasteiger partial charge in [0, 0.05) is 6.42 Å². The van der Waals surface area contributed by atoms with Crippen LogP contribution in [0.2, 0.25) is 0 Å². The highest BCUT2D eigenvalue weighted by Gasteiger charge is 2.18. The fourth-order valence-corrected chi connectivity index (χ4v) is 3.64. The van der Waals surface area contributed by atoms with Crippen molar-refractivity contribution < 1.29 is 14.3 Å². The van der Waals surface area contributed by atoms with Gasteiger partial charge in [-0.05, 0) is 55.0 Å². The average molecular weight is 423 g/mol. The van der Waals surface area contributed by atoms with Gasteiger partial charge in [-0.25, -0.2) is 4.79 Å². The first-order chi connectivity index (χ1) is 15.0. The van der Waals surface area contributed by atoms with Crippen LogP contribution in [0.4, 0.5) is 0 Å². The molecule has 1 unspecified atom stereocenters. The minimum atomic E-state index is -0.696. The molecule has 2 aromatic rings. The summed E-state index contributed by atoms with van der Waals surface area (Å²) in [6.45, 7) is 6.00. The van der Waals surface area contributed by atoms with Crippen LogP contribution in [0.1, 0.15) is 94.5 Å². The zero-order valence-electron chi connectivity index (χ0n) is 19.5. The summed E-state index contributed by atoms with van der Waals surface area (Å²) in [5.74, 6) is -0.454. The Labute approximate surface area is 188 Å². The van der Waals surface area contributed by atoms with Gasteiger partial charge in [-0.2, -0.15) is 0 Å². The van der Waals surface area contributed by atoms with Gasteiger partial charge < -0.3 is 4.74 Å². The Balaban J connectivity index is 1.86. The lowest BCUT2D eigenvalue weighted by atomic mass is 10.00. The first-order valence-electron chi connectivity index (χ1n) is 12.0. The van der Waals surface area contributed by atoms with E-state index >= 15 is 0 Å². The van der Waals surface area contributed by atoms with Gasteiger partial charge in [0.05, 0.1) is 5.56 Å². The topological polar surface area (TPSA) is 43.4 Å². The van der Waals surface area contributed by atoms with Crippen molar-refractivity contribution in [2.24, 2.45) is 0 Å². The molecule has 168 valence electrons. The van der Waals surface area contributed by atoms with Gasteiger partial charge in [0.15, 0.2) is 11.9 Å². The van der Waals surface area contributed by atoms with Crippen molar-refractivity contribution in [2.45, 2.75) is 91.1 Å². The molecule has 0 aliphatic carbocycles. The fraction of sp³-hybridized carbons (Fsp3) is 0.500. The smallest absolute Gasteiger partial charge is 0.338 e. The van der Waals surface area contributed by atoms with Crippen molar-refractivity contribution in [3.63, 3.8) is 0 Å². The summed E-state index contributed by atoms with van der Waals surface area (Å²) in [7, 11) is 0. The van der Waals surface area contributed by atoms with E-state index in [9.17, 15) is 9.59 Å². The van der Waals surface area contributed by atoms with Crippen molar-refractivity contribution in [3.05, 3.63) is 59.7 Å². The van der Waals surface area contributed by atoms with E-state index in [1.165, 1.54) is 37.7 Å². The number of Topliss-reactive ketones (excluding diaryl/α,β-unsaturated/α-hetero) is 1. The molecule has 0 saturated carbocycles. The number of hydrogen-bond acceptors (Lipinski definition) is 3. The zero-order valence-corrected chi connectivity index (χ0v) is 19.5. The molecule has 0 bridgehead atoms. The zero-order chi connectivity index (χ0) is 22.5. The molecule has 0 heterocycles. The highest BCUT2D eigenvalue weighted by atomic mass is 16.5. The molecule has 0 aliphatic rings. The van der Waals surface area contributed by atoms with Crippen LogP contribution in [0.15, 0.2) is 48.5 Å². The number of benzene rings is 2. The van der Waals surface area contributed by atoms with Crippen LogP contribution in [0.3, 0.4) is 0 Å². The standard InChI is InChI=1S/C28H38O3/c1-4-6-8-9-11-12-23-14-16-24(17-15-23)25-18-20-26(21-19-25)28(30)31-22(3)27(29)13-10-7-5-2/h14-22H,4-13H2,1-3H3. The SMILES string of the molecule is CCCCCCCc1ccc(-c2ccc(C(=O)OC(C)C(=O)CCCCC)cc2)cc1. The Morgan fingerprint density at radius 3 is 1.90 bits per heavy atom. The molecule has 31 heavy (non-hydrogen) atoms. The summed E-state index contributed by atoms with van der Waals surface area (Å²) >= 11 is 0. The molecule has 0 radical (unpaired) electrons. The van der Waals surface area contributed by atoms with Crippen LogP contribution in [0.5, 0.6) is 0 Å². The van der Waals surface area contributed by atoms with Gasteiger partial charge in [0.25, 0.3) is 0 Å². The van der Waals surface area contributed by atoms with E-state index in [-0.39, 0.29) is 5.78 Å². The Kier molecular flexibility index (Phi) is 11.1. The third-order valence-electron chi connectivity index (χ3n) is 5.74. The molecule has 3 nitrogen and oxygen atoms in total. The Morgan fingerprint density at radius 1 is 0.742 bits per heavy atom. The maximum Gasteiger partial charge on any atom is 0.338 e. The monoisotopic (exact) mass is 422 g/mol. The Bertz CT molecular complexity index is 790. The van der Waals surface area contributed by atoms with Crippen molar-refractivity contribution >= 4 is 11.8 Å². The fourth-order valence-electron chi connectivity index (χ4n) is 3.64. The third-order valence-corrected chi connectivity index (χ3v) is 5.74. The van der Waals surface area contributed by atoms with Crippen molar-refractivity contribution in [2.75, 3.05) is 0 Å². The molecule has 2 aromatic carbocycles. The van der Waals surface area contributed by atoms with Crippen LogP contribution in [-0.4, -0.2) is 17.9 Å². The molecule has 3 heteroatoms. The minimum Gasteiger partial charge on any atom is -0.451 e. The lowest BCUT2D eigenvalue weighted by Crippen LogP contribution is -2.24. The van der Waals surface area contributed by atoms with E-state index in [1.54, 1.807) is 19.1 Å². The number of rotatable bonds is 14. The van der Waals surface area contributed by atoms with Crippen LogP contribution in [0, 0.1) is 0 Å².